The van der Waals surface area contributed by atoms with Crippen molar-refractivity contribution in [3.05, 3.63) is 88.1 Å². The highest BCUT2D eigenvalue weighted by molar-refractivity contribution is 7.98. The van der Waals surface area contributed by atoms with E-state index in [9.17, 15) is 4.79 Å². The molecular formula is C24H25N5OS2. The van der Waals surface area contributed by atoms with E-state index >= 15 is 0 Å². The van der Waals surface area contributed by atoms with Crippen LogP contribution in [0.2, 0.25) is 0 Å². The van der Waals surface area contributed by atoms with E-state index in [1.54, 1.807) is 11.8 Å². The summed E-state index contributed by atoms with van der Waals surface area (Å²) in [7, 11) is 0. The molecule has 0 aliphatic carbocycles. The fourth-order valence-electron chi connectivity index (χ4n) is 3.13. The summed E-state index contributed by atoms with van der Waals surface area (Å²) in [4.78, 5) is 16.8. The molecule has 0 fully saturated rings. The van der Waals surface area contributed by atoms with Gasteiger partial charge in [-0.2, -0.15) is 0 Å². The molecule has 0 aliphatic rings. The van der Waals surface area contributed by atoms with E-state index in [4.69, 9.17) is 0 Å². The maximum absolute atomic E-state index is 12.3. The van der Waals surface area contributed by atoms with Crippen LogP contribution in [-0.4, -0.2) is 31.7 Å². The van der Waals surface area contributed by atoms with Crippen LogP contribution in [0, 0.1) is 0 Å². The van der Waals surface area contributed by atoms with E-state index in [-0.39, 0.29) is 11.9 Å². The molecule has 2 heterocycles. The van der Waals surface area contributed by atoms with Gasteiger partial charge in [0.05, 0.1) is 5.75 Å². The molecule has 1 atom stereocenters. The van der Waals surface area contributed by atoms with Gasteiger partial charge in [-0.05, 0) is 31.0 Å². The summed E-state index contributed by atoms with van der Waals surface area (Å²) < 4.78 is 2.10. The largest absolute Gasteiger partial charge is 0.348 e. The van der Waals surface area contributed by atoms with Crippen LogP contribution in [0.15, 0.2) is 71.2 Å². The second-order valence-corrected chi connectivity index (χ2v) is 9.32. The third kappa shape index (κ3) is 5.44. The van der Waals surface area contributed by atoms with E-state index < -0.39 is 0 Å². The number of carbonyl (C=O) groups is 1. The van der Waals surface area contributed by atoms with Crippen LogP contribution in [0.5, 0.6) is 0 Å². The highest BCUT2D eigenvalue weighted by Gasteiger charge is 2.17. The molecule has 0 saturated carbocycles. The number of nitrogens with zero attached hydrogens (tertiary/aromatic N) is 4. The van der Waals surface area contributed by atoms with Crippen molar-refractivity contribution >= 4 is 29.0 Å². The standard InChI is InChI=1S/C24H25N5OS2/c1-3-17(2)25-23(30)20-15-31-22(26-20)16-32-24-28-27-21(14-18-10-6-4-7-11-18)29(24)19-12-8-5-9-13-19/h4-13,15,17H,3,14,16H2,1-2H3,(H,25,30). The third-order valence-electron chi connectivity index (χ3n) is 5.02. The summed E-state index contributed by atoms with van der Waals surface area (Å²) >= 11 is 3.07. The van der Waals surface area contributed by atoms with Gasteiger partial charge in [-0.25, -0.2) is 4.98 Å². The number of hydrogen-bond donors (Lipinski definition) is 1. The Morgan fingerprint density at radius 3 is 2.53 bits per heavy atom. The zero-order valence-corrected chi connectivity index (χ0v) is 19.7. The first-order valence-electron chi connectivity index (χ1n) is 10.6. The van der Waals surface area contributed by atoms with E-state index in [1.807, 2.05) is 55.6 Å². The number of benzene rings is 2. The van der Waals surface area contributed by atoms with Crippen molar-refractivity contribution in [1.29, 1.82) is 0 Å². The van der Waals surface area contributed by atoms with Crippen LogP contribution in [0.3, 0.4) is 0 Å². The molecule has 1 unspecified atom stereocenters. The van der Waals surface area contributed by atoms with E-state index in [2.05, 4.69) is 49.3 Å². The zero-order valence-electron chi connectivity index (χ0n) is 18.1. The Labute approximate surface area is 196 Å². The van der Waals surface area contributed by atoms with Crippen LogP contribution in [0.1, 0.15) is 47.2 Å². The highest BCUT2D eigenvalue weighted by atomic mass is 32.2. The van der Waals surface area contributed by atoms with Gasteiger partial charge in [-0.3, -0.25) is 9.36 Å². The summed E-state index contributed by atoms with van der Waals surface area (Å²) in [6.07, 6.45) is 1.58. The number of thiazole rings is 1. The molecule has 6 nitrogen and oxygen atoms in total. The lowest BCUT2D eigenvalue weighted by Crippen LogP contribution is -2.32. The van der Waals surface area contributed by atoms with Crippen molar-refractivity contribution in [3.63, 3.8) is 0 Å². The summed E-state index contributed by atoms with van der Waals surface area (Å²) in [5.41, 5.74) is 2.68. The van der Waals surface area contributed by atoms with E-state index in [0.29, 0.717) is 17.9 Å². The SMILES string of the molecule is CCC(C)NC(=O)c1csc(CSc2nnc(Cc3ccccc3)n2-c2ccccc2)n1. The molecule has 0 saturated heterocycles. The quantitative estimate of drug-likeness (QED) is 0.348. The molecule has 0 radical (unpaired) electrons. The normalized spacial score (nSPS) is 11.9. The summed E-state index contributed by atoms with van der Waals surface area (Å²) in [5.74, 6) is 1.39. The van der Waals surface area contributed by atoms with Gasteiger partial charge in [0, 0.05) is 23.5 Å². The minimum absolute atomic E-state index is 0.121. The second kappa shape index (κ2) is 10.6. The molecule has 2 aromatic carbocycles. The minimum atomic E-state index is -0.121. The Morgan fingerprint density at radius 2 is 1.81 bits per heavy atom. The molecule has 164 valence electrons. The maximum atomic E-state index is 12.3. The Kier molecular flexibility index (Phi) is 7.34. The van der Waals surface area contributed by atoms with Gasteiger partial charge < -0.3 is 5.32 Å². The Bertz CT molecular complexity index is 1160. The molecular weight excluding hydrogens is 438 g/mol. The number of hydrogen-bond acceptors (Lipinski definition) is 6. The topological polar surface area (TPSA) is 72.7 Å². The fourth-order valence-corrected chi connectivity index (χ4v) is 4.89. The lowest BCUT2D eigenvalue weighted by atomic mass is 10.1. The minimum Gasteiger partial charge on any atom is -0.348 e. The number of nitrogens with one attached hydrogen (secondary N) is 1. The monoisotopic (exact) mass is 463 g/mol. The number of aromatic nitrogens is 4. The second-order valence-electron chi connectivity index (χ2n) is 7.43. The third-order valence-corrected chi connectivity index (χ3v) is 6.99. The summed E-state index contributed by atoms with van der Waals surface area (Å²) in [6.45, 7) is 4.04. The van der Waals surface area contributed by atoms with Crippen molar-refractivity contribution in [1.82, 2.24) is 25.1 Å². The molecule has 0 spiro atoms. The van der Waals surface area contributed by atoms with Gasteiger partial charge in [0.15, 0.2) is 5.16 Å². The Balaban J connectivity index is 1.52. The van der Waals surface area contributed by atoms with Crippen LogP contribution in [-0.2, 0) is 12.2 Å². The molecule has 4 aromatic rings. The first kappa shape index (κ1) is 22.2. The number of thioether (sulfide) groups is 1. The highest BCUT2D eigenvalue weighted by Crippen LogP contribution is 2.27. The number of rotatable bonds is 9. The van der Waals surface area contributed by atoms with Gasteiger partial charge in [0.2, 0.25) is 0 Å². The fraction of sp³-hybridized carbons (Fsp3) is 0.250. The predicted octanol–water partition coefficient (Wildman–Crippen LogP) is 5.14. The first-order valence-corrected chi connectivity index (χ1v) is 12.4. The average Bonchev–Trinajstić information content (AvgIpc) is 3.46. The van der Waals surface area contributed by atoms with Crippen molar-refractivity contribution in [2.75, 3.05) is 0 Å². The molecule has 2 aromatic heterocycles. The lowest BCUT2D eigenvalue weighted by Gasteiger charge is -2.10. The zero-order chi connectivity index (χ0) is 22.3. The van der Waals surface area contributed by atoms with Crippen LogP contribution in [0.25, 0.3) is 5.69 Å². The molecule has 4 rings (SSSR count). The van der Waals surface area contributed by atoms with Crippen molar-refractivity contribution < 1.29 is 4.79 Å². The van der Waals surface area contributed by atoms with E-state index in [1.165, 1.54) is 16.9 Å². The molecule has 0 bridgehead atoms. The molecule has 1 N–H and O–H groups in total. The molecule has 8 heteroatoms. The van der Waals surface area contributed by atoms with Gasteiger partial charge in [0.1, 0.15) is 16.5 Å². The molecule has 32 heavy (non-hydrogen) atoms. The predicted molar refractivity (Wildman–Crippen MR) is 130 cm³/mol. The summed E-state index contributed by atoms with van der Waals surface area (Å²) in [6, 6.07) is 20.5. The smallest absolute Gasteiger partial charge is 0.270 e. The van der Waals surface area contributed by atoms with Gasteiger partial charge >= 0.3 is 0 Å². The number of para-hydroxylation sites is 1. The van der Waals surface area contributed by atoms with Crippen molar-refractivity contribution in [2.24, 2.45) is 0 Å². The van der Waals surface area contributed by atoms with Gasteiger partial charge in [-0.1, -0.05) is 67.2 Å². The maximum Gasteiger partial charge on any atom is 0.270 e. The average molecular weight is 464 g/mol. The Morgan fingerprint density at radius 1 is 1.09 bits per heavy atom. The first-order chi connectivity index (χ1) is 15.6. The van der Waals surface area contributed by atoms with Gasteiger partial charge in [0.25, 0.3) is 5.91 Å². The van der Waals surface area contributed by atoms with Crippen LogP contribution < -0.4 is 5.32 Å². The Hall–Kier alpha value is -2.97. The lowest BCUT2D eigenvalue weighted by molar-refractivity contribution is 0.0935. The van der Waals surface area contributed by atoms with E-state index in [0.717, 1.165) is 28.1 Å². The summed E-state index contributed by atoms with van der Waals surface area (Å²) in [5, 5.41) is 15.4. The number of carbonyl (C=O) groups excluding carboxylic acids is 1. The van der Waals surface area contributed by atoms with Crippen molar-refractivity contribution in [3.8, 4) is 5.69 Å². The van der Waals surface area contributed by atoms with Crippen LogP contribution >= 0.6 is 23.1 Å². The van der Waals surface area contributed by atoms with Gasteiger partial charge in [-0.15, -0.1) is 21.5 Å². The number of amides is 1. The van der Waals surface area contributed by atoms with Crippen molar-refractivity contribution in [2.45, 2.75) is 43.6 Å². The van der Waals surface area contributed by atoms with Crippen LogP contribution in [0.4, 0.5) is 0 Å². The molecule has 1 amide bonds. The molecule has 0 aliphatic heterocycles.